The Morgan fingerprint density at radius 1 is 0.767 bits per heavy atom. The smallest absolute Gasteiger partial charge is 0.257 e. The number of rotatable bonds is 7. The van der Waals surface area contributed by atoms with Crippen molar-refractivity contribution in [3.05, 3.63) is 101 Å². The number of benzene rings is 3. The predicted octanol–water partition coefficient (Wildman–Crippen LogP) is 6.43. The molecule has 2 heterocycles. The molecule has 10 heteroatoms. The fraction of sp³-hybridized carbons (Fsp3) is 0.273. The van der Waals surface area contributed by atoms with Gasteiger partial charge in [0.1, 0.15) is 0 Å². The molecule has 3 N–H and O–H groups in total. The molecule has 1 saturated heterocycles. The van der Waals surface area contributed by atoms with Crippen LogP contribution in [0.15, 0.2) is 79.1 Å². The standard InChI is InChI=1S/C33H36ClN7O2/c1-33(2,3)23-7-5-22(6-8-23)30(42)37-25-11-14-29(34)28(19-25)31(43)38-26-20-35-32(36-21-26)39-24-9-12-27(13-10-24)41-17-15-40(4)16-18-41/h5-14,19-21H,15-18H2,1-4H3,(H,37,42)(H,38,43)(H,35,36,39). The summed E-state index contributed by atoms with van der Waals surface area (Å²) < 4.78 is 0. The van der Waals surface area contributed by atoms with E-state index in [0.29, 0.717) is 22.9 Å². The van der Waals surface area contributed by atoms with E-state index in [1.54, 1.807) is 30.3 Å². The van der Waals surface area contributed by atoms with Crippen LogP contribution < -0.4 is 20.9 Å². The summed E-state index contributed by atoms with van der Waals surface area (Å²) >= 11 is 6.33. The van der Waals surface area contributed by atoms with Crippen molar-refractivity contribution in [1.29, 1.82) is 0 Å². The first-order chi connectivity index (χ1) is 20.5. The van der Waals surface area contributed by atoms with Gasteiger partial charge in [0.2, 0.25) is 5.95 Å². The number of carbonyl (C=O) groups excluding carboxylic acids is 2. The van der Waals surface area contributed by atoms with Crippen molar-refractivity contribution in [3.63, 3.8) is 0 Å². The predicted molar refractivity (Wildman–Crippen MR) is 174 cm³/mol. The van der Waals surface area contributed by atoms with E-state index in [2.05, 4.69) is 75.7 Å². The Morgan fingerprint density at radius 3 is 2.00 bits per heavy atom. The lowest BCUT2D eigenvalue weighted by Gasteiger charge is -2.34. The zero-order valence-corrected chi connectivity index (χ0v) is 25.6. The lowest BCUT2D eigenvalue weighted by Crippen LogP contribution is -2.44. The zero-order valence-electron chi connectivity index (χ0n) is 24.8. The molecule has 1 aliphatic rings. The van der Waals surface area contributed by atoms with E-state index in [4.69, 9.17) is 11.6 Å². The summed E-state index contributed by atoms with van der Waals surface area (Å²) in [6.45, 7) is 10.5. The van der Waals surface area contributed by atoms with Crippen LogP contribution in [0.1, 0.15) is 47.1 Å². The molecule has 4 aromatic rings. The van der Waals surface area contributed by atoms with Crippen molar-refractivity contribution in [1.82, 2.24) is 14.9 Å². The van der Waals surface area contributed by atoms with E-state index < -0.39 is 5.91 Å². The SMILES string of the molecule is CN1CCN(c2ccc(Nc3ncc(NC(=O)c4cc(NC(=O)c5ccc(C(C)(C)C)cc5)ccc4Cl)cn3)cc2)CC1. The second kappa shape index (κ2) is 12.8. The minimum atomic E-state index is -0.445. The van der Waals surface area contributed by atoms with Gasteiger partial charge in [-0.3, -0.25) is 9.59 Å². The Labute approximate surface area is 257 Å². The van der Waals surface area contributed by atoms with Crippen LogP contribution in [-0.4, -0.2) is 59.9 Å². The molecule has 43 heavy (non-hydrogen) atoms. The van der Waals surface area contributed by atoms with E-state index in [0.717, 1.165) is 37.4 Å². The van der Waals surface area contributed by atoms with Crippen LogP contribution in [0.5, 0.6) is 0 Å². The van der Waals surface area contributed by atoms with Crippen molar-refractivity contribution in [2.24, 2.45) is 0 Å². The number of aromatic nitrogens is 2. The van der Waals surface area contributed by atoms with E-state index >= 15 is 0 Å². The largest absolute Gasteiger partial charge is 0.369 e. The molecule has 0 atom stereocenters. The van der Waals surface area contributed by atoms with Crippen LogP contribution in [0.2, 0.25) is 5.02 Å². The fourth-order valence-electron chi connectivity index (χ4n) is 4.71. The van der Waals surface area contributed by atoms with Gasteiger partial charge in [-0.2, -0.15) is 0 Å². The topological polar surface area (TPSA) is 102 Å². The lowest BCUT2D eigenvalue weighted by molar-refractivity contribution is 0.101. The van der Waals surface area contributed by atoms with E-state index in [1.807, 2.05) is 24.3 Å². The van der Waals surface area contributed by atoms with Crippen LogP contribution >= 0.6 is 11.6 Å². The molecule has 9 nitrogen and oxygen atoms in total. The van der Waals surface area contributed by atoms with Crippen LogP contribution in [0.25, 0.3) is 0 Å². The maximum Gasteiger partial charge on any atom is 0.257 e. The average molecular weight is 598 g/mol. The normalized spacial score (nSPS) is 13.8. The Hall–Kier alpha value is -4.47. The van der Waals surface area contributed by atoms with Gasteiger partial charge in [-0.15, -0.1) is 0 Å². The van der Waals surface area contributed by atoms with Crippen LogP contribution in [0.3, 0.4) is 0 Å². The molecule has 0 radical (unpaired) electrons. The molecule has 0 spiro atoms. The molecule has 1 aliphatic heterocycles. The molecular formula is C33H36ClN7O2. The van der Waals surface area contributed by atoms with Gasteiger partial charge in [0, 0.05) is 48.8 Å². The van der Waals surface area contributed by atoms with Crippen LogP contribution in [0.4, 0.5) is 28.7 Å². The third kappa shape index (κ3) is 7.68. The molecule has 1 aromatic heterocycles. The number of piperazine rings is 1. The van der Waals surface area contributed by atoms with Gasteiger partial charge in [-0.25, -0.2) is 9.97 Å². The number of anilines is 5. The third-order valence-electron chi connectivity index (χ3n) is 7.38. The molecule has 0 aliphatic carbocycles. The Kier molecular flexibility index (Phi) is 8.94. The second-order valence-corrected chi connectivity index (χ2v) is 12.1. The number of nitrogens with zero attached hydrogens (tertiary/aromatic N) is 4. The summed E-state index contributed by atoms with van der Waals surface area (Å²) in [5.74, 6) is -0.317. The molecule has 1 fully saturated rings. The monoisotopic (exact) mass is 597 g/mol. The molecule has 0 unspecified atom stereocenters. The van der Waals surface area contributed by atoms with Gasteiger partial charge < -0.3 is 25.8 Å². The average Bonchev–Trinajstić information content (AvgIpc) is 2.99. The summed E-state index contributed by atoms with van der Waals surface area (Å²) in [5.41, 5.74) is 4.78. The number of carbonyl (C=O) groups is 2. The number of amides is 2. The fourth-order valence-corrected chi connectivity index (χ4v) is 4.91. The van der Waals surface area contributed by atoms with Crippen molar-refractivity contribution < 1.29 is 9.59 Å². The van der Waals surface area contributed by atoms with Gasteiger partial charge in [-0.1, -0.05) is 44.5 Å². The van der Waals surface area contributed by atoms with Crippen LogP contribution in [0, 0.1) is 0 Å². The first kappa shape index (κ1) is 30.0. The summed E-state index contributed by atoms with van der Waals surface area (Å²) in [6, 6.07) is 20.4. The van der Waals surface area contributed by atoms with Gasteiger partial charge in [0.25, 0.3) is 11.8 Å². The molecule has 2 amide bonds. The van der Waals surface area contributed by atoms with Gasteiger partial charge in [-0.05, 0) is 72.6 Å². The number of hydrogen-bond acceptors (Lipinski definition) is 7. The zero-order chi connectivity index (χ0) is 30.6. The quantitative estimate of drug-likeness (QED) is 0.226. The molecule has 5 rings (SSSR count). The number of nitrogens with one attached hydrogen (secondary N) is 3. The Morgan fingerprint density at radius 2 is 1.37 bits per heavy atom. The van der Waals surface area contributed by atoms with Crippen molar-refractivity contribution in [2.45, 2.75) is 26.2 Å². The van der Waals surface area contributed by atoms with Crippen molar-refractivity contribution in [3.8, 4) is 0 Å². The first-order valence-corrected chi connectivity index (χ1v) is 14.6. The highest BCUT2D eigenvalue weighted by atomic mass is 35.5. The summed E-state index contributed by atoms with van der Waals surface area (Å²) in [5, 5.41) is 9.06. The Bertz CT molecular complexity index is 1580. The highest BCUT2D eigenvalue weighted by Gasteiger charge is 2.17. The maximum atomic E-state index is 13.0. The van der Waals surface area contributed by atoms with Crippen molar-refractivity contribution >= 4 is 52.1 Å². The molecule has 0 bridgehead atoms. The van der Waals surface area contributed by atoms with Gasteiger partial charge in [0.15, 0.2) is 0 Å². The minimum absolute atomic E-state index is 0.00768. The summed E-state index contributed by atoms with van der Waals surface area (Å²) in [6.07, 6.45) is 3.04. The highest BCUT2D eigenvalue weighted by molar-refractivity contribution is 6.34. The van der Waals surface area contributed by atoms with Crippen LogP contribution in [-0.2, 0) is 5.41 Å². The number of likely N-dealkylation sites (N-methyl/N-ethyl adjacent to an activating group) is 1. The Balaban J connectivity index is 1.18. The summed E-state index contributed by atoms with van der Waals surface area (Å²) in [4.78, 5) is 39.2. The molecule has 3 aromatic carbocycles. The number of hydrogen-bond donors (Lipinski definition) is 3. The van der Waals surface area contributed by atoms with E-state index in [1.165, 1.54) is 18.1 Å². The second-order valence-electron chi connectivity index (χ2n) is 11.7. The molecular weight excluding hydrogens is 562 g/mol. The third-order valence-corrected chi connectivity index (χ3v) is 7.71. The molecule has 222 valence electrons. The highest BCUT2D eigenvalue weighted by Crippen LogP contribution is 2.25. The lowest BCUT2D eigenvalue weighted by atomic mass is 9.87. The maximum absolute atomic E-state index is 13.0. The summed E-state index contributed by atoms with van der Waals surface area (Å²) in [7, 11) is 2.14. The van der Waals surface area contributed by atoms with Crippen molar-refractivity contribution in [2.75, 3.05) is 54.1 Å². The molecule has 0 saturated carbocycles. The minimum Gasteiger partial charge on any atom is -0.369 e. The van der Waals surface area contributed by atoms with Gasteiger partial charge in [0.05, 0.1) is 28.7 Å². The first-order valence-electron chi connectivity index (χ1n) is 14.2. The van der Waals surface area contributed by atoms with Gasteiger partial charge >= 0.3 is 0 Å². The number of halogens is 1. The van der Waals surface area contributed by atoms with E-state index in [9.17, 15) is 9.59 Å². The van der Waals surface area contributed by atoms with E-state index in [-0.39, 0.29) is 21.9 Å².